The zero-order valence-corrected chi connectivity index (χ0v) is 12.5. The number of nitrogen functional groups attached to an aromatic ring is 1. The highest BCUT2D eigenvalue weighted by Gasteiger charge is 2.23. The minimum atomic E-state index is -3.69. The number of halogens is 1. The Kier molecular flexibility index (Phi) is 3.77. The number of nitrogens with zero attached hydrogens (tertiary/aromatic N) is 2. The monoisotopic (exact) mass is 341 g/mol. The summed E-state index contributed by atoms with van der Waals surface area (Å²) in [5.41, 5.74) is 6.49. The Bertz CT molecular complexity index is 689. The van der Waals surface area contributed by atoms with Crippen LogP contribution in [0.15, 0.2) is 52.1 Å². The Labute approximate surface area is 120 Å². The molecule has 0 radical (unpaired) electrons. The van der Waals surface area contributed by atoms with Crippen LogP contribution in [0.2, 0.25) is 0 Å². The molecule has 2 rings (SSSR count). The molecule has 2 aromatic rings. The van der Waals surface area contributed by atoms with Gasteiger partial charge in [0, 0.05) is 23.9 Å². The van der Waals surface area contributed by atoms with Gasteiger partial charge >= 0.3 is 0 Å². The lowest BCUT2D eigenvalue weighted by Crippen LogP contribution is -2.27. The highest BCUT2D eigenvalue weighted by molar-refractivity contribution is 9.10. The standard InChI is InChI=1S/C12H12BrN3O2S/c1-16(10-4-6-15-7-5-10)19(17,18)12-8-9(13)2-3-11(12)14/h2-8H,14H2,1H3. The fourth-order valence-corrected chi connectivity index (χ4v) is 3.42. The highest BCUT2D eigenvalue weighted by atomic mass is 79.9. The van der Waals surface area contributed by atoms with Gasteiger partial charge in [0.1, 0.15) is 4.90 Å². The van der Waals surface area contributed by atoms with Gasteiger partial charge < -0.3 is 5.73 Å². The molecule has 0 atom stereocenters. The summed E-state index contributed by atoms with van der Waals surface area (Å²) in [4.78, 5) is 3.93. The summed E-state index contributed by atoms with van der Waals surface area (Å²) in [6, 6.07) is 7.97. The summed E-state index contributed by atoms with van der Waals surface area (Å²) in [6.45, 7) is 0. The molecule has 5 nitrogen and oxygen atoms in total. The zero-order chi connectivity index (χ0) is 14.0. The molecule has 1 aromatic heterocycles. The van der Waals surface area contributed by atoms with Crippen LogP contribution in [0.5, 0.6) is 0 Å². The van der Waals surface area contributed by atoms with Gasteiger partial charge in [-0.1, -0.05) is 15.9 Å². The summed E-state index contributed by atoms with van der Waals surface area (Å²) in [5, 5.41) is 0. The molecule has 0 saturated carbocycles. The molecule has 7 heteroatoms. The summed E-state index contributed by atoms with van der Waals surface area (Å²) >= 11 is 3.25. The number of hydrogen-bond acceptors (Lipinski definition) is 4. The van der Waals surface area contributed by atoms with Crippen molar-refractivity contribution in [1.82, 2.24) is 4.98 Å². The summed E-state index contributed by atoms with van der Waals surface area (Å²) < 4.78 is 26.9. The SMILES string of the molecule is CN(c1ccncc1)S(=O)(=O)c1cc(Br)ccc1N. The quantitative estimate of drug-likeness (QED) is 0.868. The van der Waals surface area contributed by atoms with E-state index in [1.807, 2.05) is 0 Å². The first-order valence-electron chi connectivity index (χ1n) is 5.37. The van der Waals surface area contributed by atoms with Crippen LogP contribution in [0.3, 0.4) is 0 Å². The van der Waals surface area contributed by atoms with Gasteiger partial charge in [0.25, 0.3) is 10.0 Å². The molecule has 1 aromatic carbocycles. The lowest BCUT2D eigenvalue weighted by Gasteiger charge is -2.20. The molecule has 0 spiro atoms. The molecule has 19 heavy (non-hydrogen) atoms. The van der Waals surface area contributed by atoms with E-state index in [-0.39, 0.29) is 10.6 Å². The van der Waals surface area contributed by atoms with Crippen LogP contribution in [0.25, 0.3) is 0 Å². The number of pyridine rings is 1. The number of sulfonamides is 1. The Morgan fingerprint density at radius 2 is 1.84 bits per heavy atom. The minimum absolute atomic E-state index is 0.0705. The number of hydrogen-bond donors (Lipinski definition) is 1. The number of aromatic nitrogens is 1. The van der Waals surface area contributed by atoms with Crippen LogP contribution >= 0.6 is 15.9 Å². The van der Waals surface area contributed by atoms with Crippen LogP contribution < -0.4 is 10.0 Å². The van der Waals surface area contributed by atoms with E-state index in [0.717, 1.165) is 0 Å². The van der Waals surface area contributed by atoms with Gasteiger partial charge in [0.2, 0.25) is 0 Å². The van der Waals surface area contributed by atoms with Crippen molar-refractivity contribution < 1.29 is 8.42 Å². The smallest absolute Gasteiger partial charge is 0.266 e. The number of benzene rings is 1. The second-order valence-corrected chi connectivity index (χ2v) is 6.71. The Morgan fingerprint density at radius 1 is 1.21 bits per heavy atom. The molecule has 100 valence electrons. The van der Waals surface area contributed by atoms with Crippen LogP contribution in [0.4, 0.5) is 11.4 Å². The van der Waals surface area contributed by atoms with Crippen LogP contribution in [-0.4, -0.2) is 20.4 Å². The molecule has 0 unspecified atom stereocenters. The van der Waals surface area contributed by atoms with E-state index in [1.165, 1.54) is 29.8 Å². The van der Waals surface area contributed by atoms with E-state index in [2.05, 4.69) is 20.9 Å². The highest BCUT2D eigenvalue weighted by Crippen LogP contribution is 2.27. The van der Waals surface area contributed by atoms with Crippen molar-refractivity contribution in [2.45, 2.75) is 4.90 Å². The maximum absolute atomic E-state index is 12.5. The van der Waals surface area contributed by atoms with Crippen molar-refractivity contribution >= 4 is 37.3 Å². The van der Waals surface area contributed by atoms with Gasteiger partial charge in [-0.15, -0.1) is 0 Å². The third-order valence-corrected chi connectivity index (χ3v) is 4.97. The maximum Gasteiger partial charge on any atom is 0.266 e. The van der Waals surface area contributed by atoms with Gasteiger partial charge in [-0.25, -0.2) is 8.42 Å². The van der Waals surface area contributed by atoms with E-state index >= 15 is 0 Å². The number of nitrogens with two attached hydrogens (primary N) is 1. The van der Waals surface area contributed by atoms with Gasteiger partial charge in [-0.05, 0) is 30.3 Å². The van der Waals surface area contributed by atoms with E-state index in [0.29, 0.717) is 10.2 Å². The summed E-state index contributed by atoms with van der Waals surface area (Å²) in [7, 11) is -2.22. The lowest BCUT2D eigenvalue weighted by molar-refractivity contribution is 0.594. The van der Waals surface area contributed by atoms with E-state index < -0.39 is 10.0 Å². The molecule has 0 bridgehead atoms. The predicted octanol–water partition coefficient (Wildman–Crippen LogP) is 2.25. The predicted molar refractivity (Wildman–Crippen MR) is 78.4 cm³/mol. The van der Waals surface area contributed by atoms with Crippen molar-refractivity contribution in [3.8, 4) is 0 Å². The van der Waals surface area contributed by atoms with Crippen molar-refractivity contribution in [2.24, 2.45) is 0 Å². The molecule has 0 saturated heterocycles. The first-order chi connectivity index (χ1) is 8.93. The fourth-order valence-electron chi connectivity index (χ4n) is 1.57. The zero-order valence-electron chi connectivity index (χ0n) is 10.1. The summed E-state index contributed by atoms with van der Waals surface area (Å²) in [6.07, 6.45) is 3.07. The average molecular weight is 342 g/mol. The van der Waals surface area contributed by atoms with E-state index in [1.54, 1.807) is 24.3 Å². The summed E-state index contributed by atoms with van der Waals surface area (Å²) in [5.74, 6) is 0. The lowest BCUT2D eigenvalue weighted by atomic mass is 10.3. The van der Waals surface area contributed by atoms with Crippen LogP contribution in [0.1, 0.15) is 0 Å². The van der Waals surface area contributed by atoms with Crippen molar-refractivity contribution in [3.63, 3.8) is 0 Å². The topological polar surface area (TPSA) is 76.3 Å². The van der Waals surface area contributed by atoms with Gasteiger partial charge in [-0.3, -0.25) is 9.29 Å². The van der Waals surface area contributed by atoms with Crippen LogP contribution in [-0.2, 0) is 10.0 Å². The van der Waals surface area contributed by atoms with Crippen LogP contribution in [0, 0.1) is 0 Å². The average Bonchev–Trinajstić information content (AvgIpc) is 2.41. The molecular formula is C12H12BrN3O2S. The second-order valence-electron chi connectivity index (χ2n) is 3.86. The molecule has 0 aliphatic carbocycles. The largest absolute Gasteiger partial charge is 0.398 e. The van der Waals surface area contributed by atoms with E-state index in [4.69, 9.17) is 5.73 Å². The normalized spacial score (nSPS) is 11.3. The van der Waals surface area contributed by atoms with Gasteiger partial charge in [0.05, 0.1) is 11.4 Å². The minimum Gasteiger partial charge on any atom is -0.398 e. The molecule has 0 aliphatic rings. The maximum atomic E-state index is 12.5. The molecule has 1 heterocycles. The first-order valence-corrected chi connectivity index (χ1v) is 7.60. The Morgan fingerprint density at radius 3 is 2.47 bits per heavy atom. The van der Waals surface area contributed by atoms with E-state index in [9.17, 15) is 8.42 Å². The molecule has 0 aliphatic heterocycles. The second kappa shape index (κ2) is 5.18. The van der Waals surface area contributed by atoms with Gasteiger partial charge in [0.15, 0.2) is 0 Å². The molecule has 2 N–H and O–H groups in total. The Hall–Kier alpha value is -1.60. The van der Waals surface area contributed by atoms with Crippen molar-refractivity contribution in [2.75, 3.05) is 17.1 Å². The third kappa shape index (κ3) is 2.71. The number of anilines is 2. The first kappa shape index (κ1) is 13.8. The molecule has 0 fully saturated rings. The van der Waals surface area contributed by atoms with Crippen molar-refractivity contribution in [1.29, 1.82) is 0 Å². The number of rotatable bonds is 3. The Balaban J connectivity index is 2.51. The fraction of sp³-hybridized carbons (Fsp3) is 0.0833. The molecular weight excluding hydrogens is 330 g/mol. The molecule has 0 amide bonds. The van der Waals surface area contributed by atoms with Gasteiger partial charge in [-0.2, -0.15) is 0 Å². The third-order valence-electron chi connectivity index (χ3n) is 2.64. The van der Waals surface area contributed by atoms with Crippen molar-refractivity contribution in [3.05, 3.63) is 47.2 Å².